The summed E-state index contributed by atoms with van der Waals surface area (Å²) in [7, 11) is 1.33. The van der Waals surface area contributed by atoms with Crippen LogP contribution in [-0.2, 0) is 28.7 Å². The molecule has 3 aromatic carbocycles. The molecule has 5 nitrogen and oxygen atoms in total. The summed E-state index contributed by atoms with van der Waals surface area (Å²) in [5.41, 5.74) is 2.34. The standard InChI is InChI=1S/C32H27F3N2O3/c1-20-10-12-26(21(2)14-20)19-37-29(17-28(32(33,34)35)27(18-36)31(37)39)25-9-5-8-24(16-25)23-7-4-6-22(15-23)11-13-30(38)40-3/h4-10,12,14-17H,11,13,19H2,1-3H3. The summed E-state index contributed by atoms with van der Waals surface area (Å²) >= 11 is 0. The van der Waals surface area contributed by atoms with Crippen molar-refractivity contribution in [3.63, 3.8) is 0 Å². The largest absolute Gasteiger partial charge is 0.469 e. The summed E-state index contributed by atoms with van der Waals surface area (Å²) < 4.78 is 47.9. The molecule has 0 fully saturated rings. The van der Waals surface area contributed by atoms with E-state index < -0.39 is 22.9 Å². The fraction of sp³-hybridized carbons (Fsp3) is 0.219. The second-order valence-corrected chi connectivity index (χ2v) is 9.61. The average molecular weight is 545 g/mol. The van der Waals surface area contributed by atoms with E-state index in [1.807, 2.05) is 62.4 Å². The van der Waals surface area contributed by atoms with E-state index >= 15 is 0 Å². The lowest BCUT2D eigenvalue weighted by Gasteiger charge is -2.19. The van der Waals surface area contributed by atoms with Gasteiger partial charge in [-0.3, -0.25) is 9.59 Å². The SMILES string of the molecule is COC(=O)CCc1cccc(-c2cccc(-c3cc(C(F)(F)F)c(C#N)c(=O)n3Cc3ccc(C)cc3C)c2)c1. The molecule has 1 aromatic heterocycles. The third-order valence-corrected chi connectivity index (χ3v) is 6.81. The van der Waals surface area contributed by atoms with Crippen LogP contribution >= 0.6 is 0 Å². The van der Waals surface area contributed by atoms with Crippen molar-refractivity contribution >= 4 is 5.97 Å². The van der Waals surface area contributed by atoms with Crippen molar-refractivity contribution in [3.05, 3.63) is 117 Å². The highest BCUT2D eigenvalue weighted by Gasteiger charge is 2.36. The Bertz CT molecular complexity index is 1680. The number of carbonyl (C=O) groups is 1. The molecule has 204 valence electrons. The molecule has 0 atom stereocenters. The molecule has 0 spiro atoms. The maximum Gasteiger partial charge on any atom is 0.417 e. The number of methoxy groups -OCH3 is 1. The number of esters is 1. The number of carbonyl (C=O) groups excluding carboxylic acids is 1. The molecule has 4 rings (SSSR count). The van der Waals surface area contributed by atoms with Gasteiger partial charge in [-0.05, 0) is 65.8 Å². The number of hydrogen-bond acceptors (Lipinski definition) is 4. The fourth-order valence-electron chi connectivity index (χ4n) is 4.68. The Morgan fingerprint density at radius 3 is 2.27 bits per heavy atom. The Hall–Kier alpha value is -4.64. The van der Waals surface area contributed by atoms with Crippen molar-refractivity contribution in [2.75, 3.05) is 7.11 Å². The third kappa shape index (κ3) is 6.15. The molecule has 0 aliphatic rings. The zero-order valence-corrected chi connectivity index (χ0v) is 22.3. The summed E-state index contributed by atoms with van der Waals surface area (Å²) in [5, 5.41) is 9.53. The monoisotopic (exact) mass is 544 g/mol. The van der Waals surface area contributed by atoms with Gasteiger partial charge >= 0.3 is 12.1 Å². The molecule has 0 radical (unpaired) electrons. The minimum Gasteiger partial charge on any atom is -0.469 e. The number of ether oxygens (including phenoxy) is 1. The van der Waals surface area contributed by atoms with Gasteiger partial charge < -0.3 is 9.30 Å². The molecule has 0 aliphatic carbocycles. The molecular weight excluding hydrogens is 517 g/mol. The predicted molar refractivity (Wildman–Crippen MR) is 147 cm³/mol. The van der Waals surface area contributed by atoms with E-state index in [4.69, 9.17) is 4.74 Å². The molecule has 0 bridgehead atoms. The van der Waals surface area contributed by atoms with Crippen LogP contribution in [0.1, 0.15) is 39.8 Å². The van der Waals surface area contributed by atoms with Crippen LogP contribution in [0.25, 0.3) is 22.4 Å². The van der Waals surface area contributed by atoms with Gasteiger partial charge in [-0.15, -0.1) is 0 Å². The molecule has 0 aliphatic heterocycles. The van der Waals surface area contributed by atoms with Crippen molar-refractivity contribution in [2.45, 2.75) is 39.4 Å². The highest BCUT2D eigenvalue weighted by molar-refractivity contribution is 5.73. The van der Waals surface area contributed by atoms with E-state index in [1.54, 1.807) is 18.2 Å². The van der Waals surface area contributed by atoms with Gasteiger partial charge in [-0.2, -0.15) is 18.4 Å². The number of aromatic nitrogens is 1. The molecular formula is C32H27F3N2O3. The van der Waals surface area contributed by atoms with Crippen LogP contribution in [0.15, 0.2) is 77.6 Å². The van der Waals surface area contributed by atoms with E-state index in [9.17, 15) is 28.0 Å². The highest BCUT2D eigenvalue weighted by atomic mass is 19.4. The first kappa shape index (κ1) is 28.4. The van der Waals surface area contributed by atoms with Crippen LogP contribution in [0.5, 0.6) is 0 Å². The van der Waals surface area contributed by atoms with Crippen LogP contribution in [0, 0.1) is 25.2 Å². The summed E-state index contributed by atoms with van der Waals surface area (Å²) in [6.45, 7) is 3.80. The molecule has 0 N–H and O–H groups in total. The molecule has 1 heterocycles. The highest BCUT2D eigenvalue weighted by Crippen LogP contribution is 2.35. The van der Waals surface area contributed by atoms with E-state index in [-0.39, 0.29) is 24.6 Å². The number of hydrogen-bond donors (Lipinski definition) is 0. The van der Waals surface area contributed by atoms with Gasteiger partial charge in [0, 0.05) is 6.42 Å². The number of halogens is 3. The molecule has 8 heteroatoms. The first-order chi connectivity index (χ1) is 19.0. The maximum absolute atomic E-state index is 14.0. The molecule has 40 heavy (non-hydrogen) atoms. The first-order valence-corrected chi connectivity index (χ1v) is 12.6. The maximum atomic E-state index is 14.0. The lowest BCUT2D eigenvalue weighted by molar-refractivity contribution is -0.140. The van der Waals surface area contributed by atoms with Gasteiger partial charge in [-0.25, -0.2) is 0 Å². The second-order valence-electron chi connectivity index (χ2n) is 9.61. The van der Waals surface area contributed by atoms with Gasteiger partial charge in [-0.1, -0.05) is 66.2 Å². The number of alkyl halides is 3. The second kappa shape index (κ2) is 11.6. The Balaban J connectivity index is 1.87. The van der Waals surface area contributed by atoms with Crippen molar-refractivity contribution < 1.29 is 22.7 Å². The minimum absolute atomic E-state index is 0.000335. The zero-order chi connectivity index (χ0) is 29.0. The van der Waals surface area contributed by atoms with Gasteiger partial charge in [0.2, 0.25) is 0 Å². The molecule has 0 saturated heterocycles. The number of nitrogens with zero attached hydrogens (tertiary/aromatic N) is 2. The van der Waals surface area contributed by atoms with Crippen LogP contribution in [0.4, 0.5) is 13.2 Å². The Morgan fingerprint density at radius 2 is 1.62 bits per heavy atom. The van der Waals surface area contributed by atoms with Gasteiger partial charge in [0.05, 0.1) is 24.9 Å². The minimum atomic E-state index is -4.89. The summed E-state index contributed by atoms with van der Waals surface area (Å²) in [6, 6.07) is 22.4. The molecule has 0 unspecified atom stereocenters. The van der Waals surface area contributed by atoms with Crippen molar-refractivity contribution in [1.82, 2.24) is 4.57 Å². The quantitative estimate of drug-likeness (QED) is 0.239. The third-order valence-electron chi connectivity index (χ3n) is 6.81. The fourth-order valence-corrected chi connectivity index (χ4v) is 4.68. The predicted octanol–water partition coefficient (Wildman–Crippen LogP) is 6.84. The van der Waals surface area contributed by atoms with E-state index in [2.05, 4.69) is 0 Å². The number of nitriles is 1. The number of aryl methyl sites for hydroxylation is 3. The van der Waals surface area contributed by atoms with Gasteiger partial charge in [0.15, 0.2) is 0 Å². The number of benzene rings is 3. The van der Waals surface area contributed by atoms with Crippen molar-refractivity contribution in [2.24, 2.45) is 0 Å². The lowest BCUT2D eigenvalue weighted by Crippen LogP contribution is -2.29. The van der Waals surface area contributed by atoms with Crippen LogP contribution < -0.4 is 5.56 Å². The summed E-state index contributed by atoms with van der Waals surface area (Å²) in [6.07, 6.45) is -4.19. The van der Waals surface area contributed by atoms with E-state index in [0.29, 0.717) is 12.0 Å². The lowest BCUT2D eigenvalue weighted by atomic mass is 9.97. The first-order valence-electron chi connectivity index (χ1n) is 12.6. The molecule has 0 amide bonds. The van der Waals surface area contributed by atoms with Crippen molar-refractivity contribution in [1.29, 1.82) is 5.26 Å². The van der Waals surface area contributed by atoms with Gasteiger partial charge in [0.1, 0.15) is 11.6 Å². The Kier molecular flexibility index (Phi) is 8.24. The van der Waals surface area contributed by atoms with Crippen molar-refractivity contribution in [3.8, 4) is 28.5 Å². The number of rotatable bonds is 7. The van der Waals surface area contributed by atoms with E-state index in [0.717, 1.165) is 39.4 Å². The summed E-state index contributed by atoms with van der Waals surface area (Å²) in [4.78, 5) is 25.0. The van der Waals surface area contributed by atoms with Gasteiger partial charge in [0.25, 0.3) is 5.56 Å². The number of pyridine rings is 1. The molecule has 0 saturated carbocycles. The summed E-state index contributed by atoms with van der Waals surface area (Å²) in [5.74, 6) is -0.324. The Labute approximate surface area is 230 Å². The zero-order valence-electron chi connectivity index (χ0n) is 22.3. The van der Waals surface area contributed by atoms with Crippen LogP contribution in [0.2, 0.25) is 0 Å². The topological polar surface area (TPSA) is 72.1 Å². The van der Waals surface area contributed by atoms with Crippen LogP contribution in [-0.4, -0.2) is 17.6 Å². The van der Waals surface area contributed by atoms with Crippen LogP contribution in [0.3, 0.4) is 0 Å². The normalized spacial score (nSPS) is 11.2. The average Bonchev–Trinajstić information content (AvgIpc) is 2.93. The Morgan fingerprint density at radius 1 is 0.950 bits per heavy atom. The van der Waals surface area contributed by atoms with E-state index in [1.165, 1.54) is 17.7 Å². The smallest absolute Gasteiger partial charge is 0.417 e. The molecule has 4 aromatic rings.